The van der Waals surface area contributed by atoms with E-state index >= 15 is 0 Å². The van der Waals surface area contributed by atoms with Crippen LogP contribution in [0.4, 0.5) is 5.69 Å². The number of carbonyl (C=O) groups is 2. The average molecular weight is 427 g/mol. The maximum Gasteiger partial charge on any atom is 0.264 e. The Balaban J connectivity index is 1.91. The molecule has 1 aliphatic heterocycles. The van der Waals surface area contributed by atoms with Gasteiger partial charge >= 0.3 is 0 Å². The van der Waals surface area contributed by atoms with Crippen molar-refractivity contribution in [3.8, 4) is 11.5 Å². The van der Waals surface area contributed by atoms with Crippen molar-refractivity contribution >= 4 is 35.3 Å². The molecule has 0 atom stereocenters. The molecule has 0 spiro atoms. The molecule has 1 heterocycles. The fourth-order valence-electron chi connectivity index (χ4n) is 3.08. The predicted molar refractivity (Wildman–Crippen MR) is 120 cm³/mol. The summed E-state index contributed by atoms with van der Waals surface area (Å²) in [5, 5.41) is 2.87. The lowest BCUT2D eigenvalue weighted by molar-refractivity contribution is -0.114. The zero-order valence-electron chi connectivity index (χ0n) is 17.8. The molecule has 0 unspecified atom stereocenters. The monoisotopic (exact) mass is 426 g/mol. The number of rotatable bonds is 6. The van der Waals surface area contributed by atoms with Gasteiger partial charge in [0.2, 0.25) is 0 Å². The van der Waals surface area contributed by atoms with Crippen LogP contribution in [-0.4, -0.2) is 38.6 Å². The molecule has 0 bridgehead atoms. The van der Waals surface area contributed by atoms with Crippen LogP contribution in [0.5, 0.6) is 11.5 Å². The highest BCUT2D eigenvalue weighted by atomic mass is 32.2. The van der Waals surface area contributed by atoms with Crippen LogP contribution in [0.3, 0.4) is 0 Å². The van der Waals surface area contributed by atoms with E-state index in [4.69, 9.17) is 9.47 Å². The van der Waals surface area contributed by atoms with Crippen molar-refractivity contribution in [1.29, 1.82) is 0 Å². The van der Waals surface area contributed by atoms with E-state index < -0.39 is 0 Å². The van der Waals surface area contributed by atoms with Crippen molar-refractivity contribution in [1.82, 2.24) is 5.32 Å². The van der Waals surface area contributed by atoms with Crippen LogP contribution < -0.4 is 19.7 Å². The number of hydrogen-bond donors (Lipinski definition) is 1. The molecule has 7 heteroatoms. The lowest BCUT2D eigenvalue weighted by Crippen LogP contribution is -2.32. The number of nitrogens with zero attached hydrogens (tertiary/aromatic N) is 1. The Morgan fingerprint density at radius 2 is 1.97 bits per heavy atom. The van der Waals surface area contributed by atoms with Gasteiger partial charge in [-0.1, -0.05) is 17.8 Å². The fourth-order valence-corrected chi connectivity index (χ4v) is 4.17. The summed E-state index contributed by atoms with van der Waals surface area (Å²) in [5.41, 5.74) is 2.10. The van der Waals surface area contributed by atoms with Crippen molar-refractivity contribution in [2.45, 2.75) is 31.7 Å². The lowest BCUT2D eigenvalue weighted by Gasteiger charge is -2.27. The first-order chi connectivity index (χ1) is 14.3. The van der Waals surface area contributed by atoms with Gasteiger partial charge in [0.1, 0.15) is 0 Å². The topological polar surface area (TPSA) is 67.9 Å². The number of thioether (sulfide) groups is 1. The van der Waals surface area contributed by atoms with Gasteiger partial charge < -0.3 is 19.7 Å². The first-order valence-electron chi connectivity index (χ1n) is 9.77. The summed E-state index contributed by atoms with van der Waals surface area (Å²) >= 11 is 1.39. The highest BCUT2D eigenvalue weighted by molar-refractivity contribution is 8.04. The molecule has 158 valence electrons. The molecule has 2 amide bonds. The summed E-state index contributed by atoms with van der Waals surface area (Å²) in [5.74, 6) is 1.01. The van der Waals surface area contributed by atoms with Gasteiger partial charge in [0.15, 0.2) is 11.5 Å². The highest BCUT2D eigenvalue weighted by Gasteiger charge is 2.27. The normalized spacial score (nSPS) is 14.7. The van der Waals surface area contributed by atoms with E-state index in [1.807, 2.05) is 51.1 Å². The minimum absolute atomic E-state index is 0.0444. The van der Waals surface area contributed by atoms with Gasteiger partial charge in [-0.05, 0) is 62.7 Å². The van der Waals surface area contributed by atoms with E-state index in [0.717, 1.165) is 16.1 Å². The molecule has 0 aromatic heterocycles. The summed E-state index contributed by atoms with van der Waals surface area (Å²) in [6.07, 6.45) is 1.84. The van der Waals surface area contributed by atoms with Crippen molar-refractivity contribution < 1.29 is 19.1 Å². The smallest absolute Gasteiger partial charge is 0.264 e. The number of fused-ring (bicyclic) bond motifs is 1. The Morgan fingerprint density at radius 1 is 1.20 bits per heavy atom. The second-order valence-electron chi connectivity index (χ2n) is 7.13. The summed E-state index contributed by atoms with van der Waals surface area (Å²) in [4.78, 5) is 28.4. The van der Waals surface area contributed by atoms with Crippen LogP contribution in [0.25, 0.3) is 6.08 Å². The molecule has 0 radical (unpaired) electrons. The summed E-state index contributed by atoms with van der Waals surface area (Å²) in [6, 6.07) is 11.0. The first-order valence-corrected chi connectivity index (χ1v) is 10.6. The van der Waals surface area contributed by atoms with E-state index in [9.17, 15) is 9.59 Å². The number of methoxy groups -OCH3 is 1. The zero-order valence-corrected chi connectivity index (χ0v) is 18.6. The third kappa shape index (κ3) is 4.62. The van der Waals surface area contributed by atoms with E-state index in [1.165, 1.54) is 11.8 Å². The highest BCUT2D eigenvalue weighted by Crippen LogP contribution is 2.42. The standard InChI is InChI=1S/C23H26N2O4S/c1-6-29-18-9-7-15(11-19(18)28-5)12-21-23(27)25(4)17-13-16(8-10-20(17)30-21)22(26)24-14(2)3/h7-14H,6H2,1-5H3,(H,24,26)/b21-12+. The minimum atomic E-state index is -0.151. The van der Waals surface area contributed by atoms with E-state index in [1.54, 1.807) is 31.2 Å². The minimum Gasteiger partial charge on any atom is -0.493 e. The SMILES string of the molecule is CCOc1ccc(/C=C2/Sc3ccc(C(=O)NC(C)C)cc3N(C)C2=O)cc1OC. The average Bonchev–Trinajstić information content (AvgIpc) is 2.72. The number of carbonyl (C=O) groups excluding carboxylic acids is 2. The number of anilines is 1. The Hall–Kier alpha value is -2.93. The van der Waals surface area contributed by atoms with Crippen molar-refractivity contribution in [3.63, 3.8) is 0 Å². The van der Waals surface area contributed by atoms with Crippen LogP contribution in [0.1, 0.15) is 36.7 Å². The molecule has 0 aliphatic carbocycles. The van der Waals surface area contributed by atoms with Gasteiger partial charge in [-0.15, -0.1) is 0 Å². The largest absolute Gasteiger partial charge is 0.493 e. The van der Waals surface area contributed by atoms with Crippen LogP contribution in [0, 0.1) is 0 Å². The second kappa shape index (κ2) is 9.26. The molecular formula is C23H26N2O4S. The van der Waals surface area contributed by atoms with Crippen molar-refractivity contribution in [3.05, 3.63) is 52.4 Å². The molecule has 0 fully saturated rings. The molecule has 0 saturated carbocycles. The van der Waals surface area contributed by atoms with Gasteiger partial charge in [0.05, 0.1) is 24.3 Å². The van der Waals surface area contributed by atoms with Gasteiger partial charge in [0.25, 0.3) is 11.8 Å². The quantitative estimate of drug-likeness (QED) is 0.696. The number of nitrogens with one attached hydrogen (secondary N) is 1. The molecule has 30 heavy (non-hydrogen) atoms. The lowest BCUT2D eigenvalue weighted by atomic mass is 10.1. The molecule has 6 nitrogen and oxygen atoms in total. The van der Waals surface area contributed by atoms with Crippen LogP contribution in [0.2, 0.25) is 0 Å². The van der Waals surface area contributed by atoms with Crippen molar-refractivity contribution in [2.75, 3.05) is 25.7 Å². The third-order valence-corrected chi connectivity index (χ3v) is 5.60. The van der Waals surface area contributed by atoms with E-state index in [2.05, 4.69) is 5.32 Å². The maximum absolute atomic E-state index is 13.0. The molecule has 1 aliphatic rings. The summed E-state index contributed by atoms with van der Waals surface area (Å²) in [6.45, 7) is 6.28. The Kier molecular flexibility index (Phi) is 6.72. The fraction of sp³-hybridized carbons (Fsp3) is 0.304. The molecular weight excluding hydrogens is 400 g/mol. The molecule has 0 saturated heterocycles. The van der Waals surface area contributed by atoms with Gasteiger partial charge in [0, 0.05) is 23.5 Å². The Bertz CT molecular complexity index is 1000. The third-order valence-electron chi connectivity index (χ3n) is 4.52. The molecule has 3 rings (SSSR count). The van der Waals surface area contributed by atoms with Crippen LogP contribution >= 0.6 is 11.8 Å². The molecule has 2 aromatic rings. The van der Waals surface area contributed by atoms with Crippen LogP contribution in [-0.2, 0) is 4.79 Å². The zero-order chi connectivity index (χ0) is 21.8. The number of likely N-dealkylation sites (N-methyl/N-ethyl adjacent to an activating group) is 1. The van der Waals surface area contributed by atoms with Gasteiger partial charge in [-0.2, -0.15) is 0 Å². The predicted octanol–water partition coefficient (Wildman–Crippen LogP) is 4.34. The summed E-state index contributed by atoms with van der Waals surface area (Å²) in [7, 11) is 3.31. The first kappa shape index (κ1) is 21.8. The number of benzene rings is 2. The Labute approximate surface area is 181 Å². The van der Waals surface area contributed by atoms with E-state index in [0.29, 0.717) is 28.6 Å². The number of amides is 2. The number of ether oxygens (including phenoxy) is 2. The number of hydrogen-bond acceptors (Lipinski definition) is 5. The van der Waals surface area contributed by atoms with Crippen molar-refractivity contribution in [2.24, 2.45) is 0 Å². The second-order valence-corrected chi connectivity index (χ2v) is 8.21. The molecule has 2 aromatic carbocycles. The van der Waals surface area contributed by atoms with Crippen LogP contribution in [0.15, 0.2) is 46.2 Å². The summed E-state index contributed by atoms with van der Waals surface area (Å²) < 4.78 is 11.0. The molecule has 1 N–H and O–H groups in total. The van der Waals surface area contributed by atoms with Gasteiger partial charge in [-0.25, -0.2) is 0 Å². The van der Waals surface area contributed by atoms with E-state index in [-0.39, 0.29) is 17.9 Å². The van der Waals surface area contributed by atoms with Gasteiger partial charge in [-0.3, -0.25) is 9.59 Å². The Morgan fingerprint density at radius 3 is 2.63 bits per heavy atom. The maximum atomic E-state index is 13.0.